The van der Waals surface area contributed by atoms with Gasteiger partial charge in [0.05, 0.1) is 11.1 Å². The summed E-state index contributed by atoms with van der Waals surface area (Å²) in [5.74, 6) is -0.492. The first-order valence-corrected chi connectivity index (χ1v) is 3.76. The van der Waals surface area contributed by atoms with E-state index in [-0.39, 0.29) is 5.56 Å². The standard InChI is InChI=1S/C10H5FN2/c11-10-7(6-12)3-4-9-8(10)2-1-5-13-9/h1-5H. The van der Waals surface area contributed by atoms with Crippen molar-refractivity contribution < 1.29 is 4.39 Å². The fourth-order valence-corrected chi connectivity index (χ4v) is 1.20. The number of aromatic nitrogens is 1. The largest absolute Gasteiger partial charge is 0.256 e. The Labute approximate surface area is 74.3 Å². The lowest BCUT2D eigenvalue weighted by Crippen LogP contribution is -1.87. The smallest absolute Gasteiger partial charge is 0.150 e. The molecule has 0 radical (unpaired) electrons. The van der Waals surface area contributed by atoms with Gasteiger partial charge in [-0.1, -0.05) is 0 Å². The van der Waals surface area contributed by atoms with Gasteiger partial charge in [0.25, 0.3) is 0 Å². The summed E-state index contributed by atoms with van der Waals surface area (Å²) in [4.78, 5) is 3.97. The second-order valence-electron chi connectivity index (χ2n) is 2.61. The van der Waals surface area contributed by atoms with E-state index in [1.54, 1.807) is 30.5 Å². The second-order valence-corrected chi connectivity index (χ2v) is 2.61. The van der Waals surface area contributed by atoms with E-state index in [1.807, 2.05) is 0 Å². The molecule has 0 amide bonds. The van der Waals surface area contributed by atoms with Crippen LogP contribution in [0.5, 0.6) is 0 Å². The average molecular weight is 172 g/mol. The number of hydrogen-bond acceptors (Lipinski definition) is 2. The lowest BCUT2D eigenvalue weighted by Gasteiger charge is -1.98. The Hall–Kier alpha value is -1.95. The van der Waals surface area contributed by atoms with E-state index >= 15 is 0 Å². The zero-order chi connectivity index (χ0) is 9.26. The SMILES string of the molecule is N#Cc1ccc2ncccc2c1F. The van der Waals surface area contributed by atoms with Crippen molar-refractivity contribution in [3.63, 3.8) is 0 Å². The minimum Gasteiger partial charge on any atom is -0.256 e. The third-order valence-corrected chi connectivity index (χ3v) is 1.84. The molecule has 13 heavy (non-hydrogen) atoms. The van der Waals surface area contributed by atoms with Gasteiger partial charge in [0.15, 0.2) is 0 Å². The van der Waals surface area contributed by atoms with Gasteiger partial charge in [-0.2, -0.15) is 5.26 Å². The highest BCUT2D eigenvalue weighted by atomic mass is 19.1. The van der Waals surface area contributed by atoms with Crippen LogP contribution in [-0.2, 0) is 0 Å². The molecule has 0 saturated carbocycles. The minimum atomic E-state index is -0.492. The van der Waals surface area contributed by atoms with Gasteiger partial charge in [-0.15, -0.1) is 0 Å². The Kier molecular flexibility index (Phi) is 1.67. The molecule has 3 heteroatoms. The number of hydrogen-bond donors (Lipinski definition) is 0. The molecule has 0 aliphatic carbocycles. The molecule has 1 aromatic heterocycles. The van der Waals surface area contributed by atoms with Crippen LogP contribution in [0.15, 0.2) is 30.5 Å². The zero-order valence-electron chi connectivity index (χ0n) is 6.66. The number of benzene rings is 1. The Morgan fingerprint density at radius 1 is 1.31 bits per heavy atom. The molecule has 1 heterocycles. The van der Waals surface area contributed by atoms with Gasteiger partial charge in [-0.3, -0.25) is 4.98 Å². The molecular weight excluding hydrogens is 167 g/mol. The number of halogens is 1. The fourth-order valence-electron chi connectivity index (χ4n) is 1.20. The van der Waals surface area contributed by atoms with E-state index < -0.39 is 5.82 Å². The van der Waals surface area contributed by atoms with Crippen LogP contribution in [0.25, 0.3) is 10.9 Å². The molecular formula is C10H5FN2. The van der Waals surface area contributed by atoms with Crippen LogP contribution in [-0.4, -0.2) is 4.98 Å². The Bertz CT molecular complexity index is 500. The van der Waals surface area contributed by atoms with Crippen LogP contribution in [0.4, 0.5) is 4.39 Å². The van der Waals surface area contributed by atoms with Crippen molar-refractivity contribution in [1.29, 1.82) is 5.26 Å². The van der Waals surface area contributed by atoms with Crippen molar-refractivity contribution >= 4 is 10.9 Å². The number of fused-ring (bicyclic) bond motifs is 1. The number of pyridine rings is 1. The summed E-state index contributed by atoms with van der Waals surface area (Å²) in [5, 5.41) is 8.96. The summed E-state index contributed by atoms with van der Waals surface area (Å²) in [6, 6.07) is 8.11. The van der Waals surface area contributed by atoms with Gasteiger partial charge < -0.3 is 0 Å². The predicted molar refractivity (Wildman–Crippen MR) is 46.4 cm³/mol. The quantitative estimate of drug-likeness (QED) is 0.611. The molecule has 2 nitrogen and oxygen atoms in total. The molecule has 0 unspecified atom stereocenters. The van der Waals surface area contributed by atoms with Crippen molar-refractivity contribution in [3.8, 4) is 6.07 Å². The Balaban J connectivity index is 2.89. The maximum atomic E-state index is 13.4. The molecule has 0 atom stereocenters. The molecule has 62 valence electrons. The molecule has 2 aromatic rings. The highest BCUT2D eigenvalue weighted by molar-refractivity contribution is 5.80. The third kappa shape index (κ3) is 1.13. The van der Waals surface area contributed by atoms with Gasteiger partial charge in [0.1, 0.15) is 11.9 Å². The van der Waals surface area contributed by atoms with Gasteiger partial charge in [-0.05, 0) is 24.3 Å². The molecule has 1 aromatic carbocycles. The van der Waals surface area contributed by atoms with E-state index in [9.17, 15) is 4.39 Å². The Morgan fingerprint density at radius 3 is 2.92 bits per heavy atom. The first-order valence-electron chi connectivity index (χ1n) is 3.76. The summed E-state index contributed by atoms with van der Waals surface area (Å²) in [6.07, 6.45) is 1.59. The molecule has 0 saturated heterocycles. The fraction of sp³-hybridized carbons (Fsp3) is 0. The van der Waals surface area contributed by atoms with Crippen LogP contribution in [0.3, 0.4) is 0 Å². The first-order chi connectivity index (χ1) is 6.33. The van der Waals surface area contributed by atoms with Crippen molar-refractivity contribution in [2.75, 3.05) is 0 Å². The van der Waals surface area contributed by atoms with E-state index in [1.165, 1.54) is 6.07 Å². The number of rotatable bonds is 0. The molecule has 2 rings (SSSR count). The maximum Gasteiger partial charge on any atom is 0.150 e. The van der Waals surface area contributed by atoms with Gasteiger partial charge in [0, 0.05) is 11.6 Å². The van der Waals surface area contributed by atoms with Crippen LogP contribution in [0.2, 0.25) is 0 Å². The summed E-state index contributed by atoms with van der Waals surface area (Å²) >= 11 is 0. The van der Waals surface area contributed by atoms with E-state index in [2.05, 4.69) is 4.98 Å². The average Bonchev–Trinajstić information content (AvgIpc) is 2.19. The number of nitriles is 1. The molecule has 0 fully saturated rings. The molecule has 0 aliphatic heterocycles. The normalized spacial score (nSPS) is 9.85. The van der Waals surface area contributed by atoms with Gasteiger partial charge >= 0.3 is 0 Å². The second kappa shape index (κ2) is 2.83. The van der Waals surface area contributed by atoms with Crippen LogP contribution in [0.1, 0.15) is 5.56 Å². The van der Waals surface area contributed by atoms with Crippen LogP contribution in [0, 0.1) is 17.1 Å². The van der Waals surface area contributed by atoms with Crippen LogP contribution < -0.4 is 0 Å². The molecule has 0 aliphatic rings. The van der Waals surface area contributed by atoms with Crippen molar-refractivity contribution in [2.24, 2.45) is 0 Å². The van der Waals surface area contributed by atoms with Gasteiger partial charge in [-0.25, -0.2) is 4.39 Å². The summed E-state index contributed by atoms with van der Waals surface area (Å²) in [5.41, 5.74) is 0.625. The predicted octanol–water partition coefficient (Wildman–Crippen LogP) is 2.25. The summed E-state index contributed by atoms with van der Waals surface area (Å²) in [7, 11) is 0. The van der Waals surface area contributed by atoms with Crippen molar-refractivity contribution in [3.05, 3.63) is 41.8 Å². The molecule has 0 bridgehead atoms. The summed E-state index contributed by atoms with van der Waals surface area (Å²) in [6.45, 7) is 0. The first kappa shape index (κ1) is 7.69. The highest BCUT2D eigenvalue weighted by Crippen LogP contribution is 2.17. The van der Waals surface area contributed by atoms with E-state index in [0.29, 0.717) is 10.9 Å². The minimum absolute atomic E-state index is 0.0560. The molecule has 0 N–H and O–H groups in total. The topological polar surface area (TPSA) is 36.7 Å². The molecule has 0 spiro atoms. The van der Waals surface area contributed by atoms with Gasteiger partial charge in [0.2, 0.25) is 0 Å². The number of nitrogens with zero attached hydrogens (tertiary/aromatic N) is 2. The monoisotopic (exact) mass is 172 g/mol. The van der Waals surface area contributed by atoms with E-state index in [4.69, 9.17) is 5.26 Å². The van der Waals surface area contributed by atoms with E-state index in [0.717, 1.165) is 0 Å². The zero-order valence-corrected chi connectivity index (χ0v) is 6.66. The van der Waals surface area contributed by atoms with Crippen LogP contribution >= 0.6 is 0 Å². The highest BCUT2D eigenvalue weighted by Gasteiger charge is 2.05. The lowest BCUT2D eigenvalue weighted by molar-refractivity contribution is 0.636. The Morgan fingerprint density at radius 2 is 2.15 bits per heavy atom. The lowest BCUT2D eigenvalue weighted by atomic mass is 10.1. The maximum absolute atomic E-state index is 13.4. The summed E-state index contributed by atoms with van der Waals surface area (Å²) < 4.78 is 13.4. The van der Waals surface area contributed by atoms with Crippen molar-refractivity contribution in [1.82, 2.24) is 4.98 Å². The third-order valence-electron chi connectivity index (χ3n) is 1.84. The van der Waals surface area contributed by atoms with Crippen molar-refractivity contribution in [2.45, 2.75) is 0 Å².